The van der Waals surface area contributed by atoms with Crippen LogP contribution in [0, 0.1) is 0 Å². The van der Waals surface area contributed by atoms with Crippen molar-refractivity contribution in [1.29, 1.82) is 0 Å². The van der Waals surface area contributed by atoms with Gasteiger partial charge in [0.15, 0.2) is 0 Å². The van der Waals surface area contributed by atoms with Crippen LogP contribution in [-0.4, -0.2) is 60.3 Å². The lowest BCUT2D eigenvalue weighted by Crippen LogP contribution is -2.48. The molecule has 23 heavy (non-hydrogen) atoms. The second kappa shape index (κ2) is 6.76. The first-order valence-electron chi connectivity index (χ1n) is 7.70. The molecule has 7 heteroatoms. The summed E-state index contributed by atoms with van der Waals surface area (Å²) in [5.41, 5.74) is 0.656. The minimum absolute atomic E-state index is 0.00185. The van der Waals surface area contributed by atoms with Gasteiger partial charge in [-0.1, -0.05) is 18.5 Å². The van der Waals surface area contributed by atoms with Crippen molar-refractivity contribution < 1.29 is 19.4 Å². The highest BCUT2D eigenvalue weighted by molar-refractivity contribution is 6.32. The molecule has 124 valence electrons. The summed E-state index contributed by atoms with van der Waals surface area (Å²) in [5.74, 6) is 0.344. The molecular formula is C16H19ClN2O4. The number of hydrogen-bond donors (Lipinski definition) is 1. The zero-order chi connectivity index (χ0) is 16.4. The third kappa shape index (κ3) is 3.28. The Hall–Kier alpha value is -1.79. The molecule has 2 unspecified atom stereocenters. The molecule has 1 saturated heterocycles. The smallest absolute Gasteiger partial charge is 0.266 e. The number of carbonyl (C=O) groups excluding carboxylic acids is 1. The Labute approximate surface area is 139 Å². The van der Waals surface area contributed by atoms with Crippen molar-refractivity contribution in [2.24, 2.45) is 4.99 Å². The first-order valence-corrected chi connectivity index (χ1v) is 8.08. The van der Waals surface area contributed by atoms with Crippen LogP contribution in [0.4, 0.5) is 0 Å². The summed E-state index contributed by atoms with van der Waals surface area (Å²) >= 11 is 5.93. The van der Waals surface area contributed by atoms with Crippen LogP contribution in [0.2, 0.25) is 5.02 Å². The van der Waals surface area contributed by atoms with Crippen LogP contribution in [0.15, 0.2) is 23.2 Å². The number of phenolic OH excluding ortho intramolecular Hbond substituents is 1. The van der Waals surface area contributed by atoms with Crippen LogP contribution in [-0.2, 0) is 14.3 Å². The maximum absolute atomic E-state index is 12.7. The maximum atomic E-state index is 12.7. The third-order valence-electron chi connectivity index (χ3n) is 4.05. The highest BCUT2D eigenvalue weighted by Crippen LogP contribution is 2.28. The van der Waals surface area contributed by atoms with Crippen molar-refractivity contribution >= 4 is 23.4 Å². The Bertz CT molecular complexity index is 629. The second-order valence-electron chi connectivity index (χ2n) is 5.55. The van der Waals surface area contributed by atoms with Crippen LogP contribution >= 0.6 is 11.6 Å². The third-order valence-corrected chi connectivity index (χ3v) is 4.35. The molecule has 0 saturated carbocycles. The van der Waals surface area contributed by atoms with Gasteiger partial charge in [-0.2, -0.15) is 0 Å². The number of rotatable bonds is 3. The van der Waals surface area contributed by atoms with Gasteiger partial charge in [0.1, 0.15) is 5.75 Å². The van der Waals surface area contributed by atoms with E-state index >= 15 is 0 Å². The molecule has 0 aromatic heterocycles. The Kier molecular flexibility index (Phi) is 4.73. The van der Waals surface area contributed by atoms with Gasteiger partial charge >= 0.3 is 0 Å². The summed E-state index contributed by atoms with van der Waals surface area (Å²) in [7, 11) is 0. The molecule has 0 spiro atoms. The van der Waals surface area contributed by atoms with E-state index in [4.69, 9.17) is 21.1 Å². The number of phenols is 1. The van der Waals surface area contributed by atoms with Gasteiger partial charge in [0, 0.05) is 18.7 Å². The fourth-order valence-electron chi connectivity index (χ4n) is 2.71. The predicted molar refractivity (Wildman–Crippen MR) is 86.0 cm³/mol. The van der Waals surface area contributed by atoms with Crippen molar-refractivity contribution in [3.8, 4) is 5.75 Å². The largest absolute Gasteiger partial charge is 0.506 e. The number of nitrogens with zero attached hydrogens (tertiary/aromatic N) is 2. The van der Waals surface area contributed by atoms with Crippen LogP contribution in [0.25, 0.3) is 0 Å². The maximum Gasteiger partial charge on any atom is 0.266 e. The molecule has 6 nitrogen and oxygen atoms in total. The normalized spacial score (nSPS) is 24.3. The molecule has 1 amide bonds. The van der Waals surface area contributed by atoms with Crippen LogP contribution in [0.3, 0.4) is 0 Å². The van der Waals surface area contributed by atoms with Gasteiger partial charge < -0.3 is 19.5 Å². The number of halogens is 1. The zero-order valence-electron chi connectivity index (χ0n) is 12.9. The summed E-state index contributed by atoms with van der Waals surface area (Å²) in [4.78, 5) is 19.0. The molecule has 0 bridgehead atoms. The number of hydrogen-bond acceptors (Lipinski definition) is 5. The highest BCUT2D eigenvalue weighted by Gasteiger charge is 2.39. The van der Waals surface area contributed by atoms with E-state index in [2.05, 4.69) is 4.99 Å². The SMILES string of the molecule is CCC1N=C(c2ccc(O)c(Cl)c2)OC1C(=O)N1CCOCC1. The number of morpholine rings is 1. The molecule has 1 fully saturated rings. The number of aromatic hydroxyl groups is 1. The first kappa shape index (κ1) is 16.1. The van der Waals surface area contributed by atoms with Crippen molar-refractivity contribution in [3.05, 3.63) is 28.8 Å². The lowest BCUT2D eigenvalue weighted by atomic mass is 10.1. The van der Waals surface area contributed by atoms with E-state index in [1.165, 1.54) is 6.07 Å². The van der Waals surface area contributed by atoms with Crippen molar-refractivity contribution in [2.75, 3.05) is 26.3 Å². The van der Waals surface area contributed by atoms with Gasteiger partial charge in [-0.25, -0.2) is 4.99 Å². The van der Waals surface area contributed by atoms with E-state index < -0.39 is 6.10 Å². The standard InChI is InChI=1S/C16H19ClN2O4/c1-2-12-14(16(21)19-5-7-22-8-6-19)23-15(18-12)10-3-4-13(20)11(17)9-10/h3-4,9,12,14,20H,2,5-8H2,1H3. The van der Waals surface area contributed by atoms with E-state index in [1.54, 1.807) is 17.0 Å². The number of carbonyl (C=O) groups is 1. The Morgan fingerprint density at radius 2 is 2.17 bits per heavy atom. The van der Waals surface area contributed by atoms with Gasteiger partial charge in [-0.15, -0.1) is 0 Å². The van der Waals surface area contributed by atoms with E-state index in [1.807, 2.05) is 6.92 Å². The van der Waals surface area contributed by atoms with Gasteiger partial charge in [-0.3, -0.25) is 4.79 Å². The average Bonchev–Trinajstić information content (AvgIpc) is 3.02. The lowest BCUT2D eigenvalue weighted by molar-refractivity contribution is -0.143. The Morgan fingerprint density at radius 1 is 1.43 bits per heavy atom. The zero-order valence-corrected chi connectivity index (χ0v) is 13.6. The molecule has 2 aliphatic rings. The summed E-state index contributed by atoms with van der Waals surface area (Å²) in [5, 5.41) is 9.74. The van der Waals surface area contributed by atoms with E-state index in [0.29, 0.717) is 44.2 Å². The molecule has 0 aliphatic carbocycles. The monoisotopic (exact) mass is 338 g/mol. The van der Waals surface area contributed by atoms with Crippen molar-refractivity contribution in [3.63, 3.8) is 0 Å². The average molecular weight is 339 g/mol. The Morgan fingerprint density at radius 3 is 2.83 bits per heavy atom. The molecule has 2 aliphatic heterocycles. The second-order valence-corrected chi connectivity index (χ2v) is 5.96. The topological polar surface area (TPSA) is 71.4 Å². The molecule has 1 N–H and O–H groups in total. The minimum atomic E-state index is -0.610. The molecular weight excluding hydrogens is 320 g/mol. The quantitative estimate of drug-likeness (QED) is 0.912. The fourth-order valence-corrected chi connectivity index (χ4v) is 2.89. The molecule has 3 rings (SSSR count). The predicted octanol–water partition coefficient (Wildman–Crippen LogP) is 1.83. The van der Waals surface area contributed by atoms with Gasteiger partial charge in [-0.05, 0) is 24.6 Å². The first-order chi connectivity index (χ1) is 11.1. The van der Waals surface area contributed by atoms with Crippen LogP contribution in [0.5, 0.6) is 5.75 Å². The summed E-state index contributed by atoms with van der Waals surface area (Å²) in [6, 6.07) is 4.54. The lowest BCUT2D eigenvalue weighted by Gasteiger charge is -2.30. The van der Waals surface area contributed by atoms with E-state index in [0.717, 1.165) is 0 Å². The molecule has 1 aromatic rings. The van der Waals surface area contributed by atoms with Crippen molar-refractivity contribution in [2.45, 2.75) is 25.5 Å². The highest BCUT2D eigenvalue weighted by atomic mass is 35.5. The Balaban J connectivity index is 1.77. The number of aliphatic imine (C=N–C) groups is 1. The summed E-state index contributed by atoms with van der Waals surface area (Å²) in [6.45, 7) is 4.24. The van der Waals surface area contributed by atoms with Gasteiger partial charge in [0.05, 0.1) is 24.3 Å². The molecule has 2 heterocycles. The summed E-state index contributed by atoms with van der Waals surface area (Å²) < 4.78 is 11.1. The molecule has 1 aromatic carbocycles. The number of ether oxygens (including phenoxy) is 2. The van der Waals surface area contributed by atoms with Crippen LogP contribution in [0.1, 0.15) is 18.9 Å². The fraction of sp³-hybridized carbons (Fsp3) is 0.500. The van der Waals surface area contributed by atoms with Gasteiger partial charge in [0.2, 0.25) is 12.0 Å². The minimum Gasteiger partial charge on any atom is -0.506 e. The van der Waals surface area contributed by atoms with Gasteiger partial charge in [0.25, 0.3) is 5.91 Å². The van der Waals surface area contributed by atoms with E-state index in [-0.39, 0.29) is 22.7 Å². The van der Waals surface area contributed by atoms with Crippen molar-refractivity contribution in [1.82, 2.24) is 4.90 Å². The molecule has 2 atom stereocenters. The number of benzene rings is 1. The van der Waals surface area contributed by atoms with E-state index in [9.17, 15) is 9.90 Å². The summed E-state index contributed by atoms with van der Waals surface area (Å²) in [6.07, 6.45) is 0.0939. The molecule has 0 radical (unpaired) electrons. The van der Waals surface area contributed by atoms with Crippen LogP contribution < -0.4 is 0 Å². The number of amides is 1.